The van der Waals surface area contributed by atoms with Crippen molar-refractivity contribution < 1.29 is 9.53 Å². The summed E-state index contributed by atoms with van der Waals surface area (Å²) in [7, 11) is 0. The van der Waals surface area contributed by atoms with Crippen LogP contribution in [0.3, 0.4) is 0 Å². The Hall–Kier alpha value is -4.23. The smallest absolute Gasteiger partial charge is 0.251 e. The second kappa shape index (κ2) is 11.1. The van der Waals surface area contributed by atoms with E-state index in [4.69, 9.17) is 15.7 Å². The number of hydrogen-bond acceptors (Lipinski definition) is 9. The zero-order valence-corrected chi connectivity index (χ0v) is 22.5. The Morgan fingerprint density at radius 3 is 2.88 bits per heavy atom. The molecule has 2 aromatic heterocycles. The molecule has 10 nitrogen and oxygen atoms in total. The molecular weight excluding hydrogens is 504 g/mol. The first kappa shape index (κ1) is 26.0. The number of nitriles is 1. The minimum atomic E-state index is -0.0194. The minimum absolute atomic E-state index is 0.0194. The summed E-state index contributed by atoms with van der Waals surface area (Å²) >= 11 is 0. The van der Waals surface area contributed by atoms with Crippen molar-refractivity contribution in [3.63, 3.8) is 0 Å². The third-order valence-corrected chi connectivity index (χ3v) is 8.48. The molecule has 4 N–H and O–H groups in total. The van der Waals surface area contributed by atoms with Gasteiger partial charge in [-0.2, -0.15) is 5.26 Å². The molecule has 10 heteroatoms. The summed E-state index contributed by atoms with van der Waals surface area (Å²) in [6.45, 7) is 4.10. The summed E-state index contributed by atoms with van der Waals surface area (Å²) in [5.41, 5.74) is 10.3. The van der Waals surface area contributed by atoms with Crippen LogP contribution in [0.1, 0.15) is 53.6 Å². The number of anilines is 2. The van der Waals surface area contributed by atoms with Crippen LogP contribution in [0.2, 0.25) is 0 Å². The van der Waals surface area contributed by atoms with Gasteiger partial charge < -0.3 is 26.0 Å². The van der Waals surface area contributed by atoms with E-state index in [9.17, 15) is 4.79 Å². The topological polar surface area (TPSA) is 142 Å². The monoisotopic (exact) mass is 538 g/mol. The predicted octanol–water partition coefficient (Wildman–Crippen LogP) is 3.56. The van der Waals surface area contributed by atoms with Gasteiger partial charge in [-0.15, -0.1) is 0 Å². The molecule has 2 aliphatic heterocycles. The number of benzene rings is 1. The van der Waals surface area contributed by atoms with E-state index in [0.29, 0.717) is 36.2 Å². The Morgan fingerprint density at radius 1 is 1.23 bits per heavy atom. The normalized spacial score (nSPS) is 17.9. The van der Waals surface area contributed by atoms with E-state index >= 15 is 0 Å². The summed E-state index contributed by atoms with van der Waals surface area (Å²) < 4.78 is 5.93. The number of nitrogen functional groups attached to an aromatic ring is 1. The van der Waals surface area contributed by atoms with Crippen LogP contribution in [0.25, 0.3) is 11.3 Å². The lowest BCUT2D eigenvalue weighted by atomic mass is 9.60. The number of nitrogens with two attached hydrogens (primary N) is 1. The number of pyridine rings is 1. The van der Waals surface area contributed by atoms with Crippen LogP contribution < -0.4 is 21.1 Å². The molecule has 1 aliphatic carbocycles. The third kappa shape index (κ3) is 5.42. The van der Waals surface area contributed by atoms with Gasteiger partial charge in [-0.3, -0.25) is 4.79 Å². The number of carbonyl (C=O) groups excluding carboxylic acids is 1. The zero-order valence-electron chi connectivity index (χ0n) is 22.5. The van der Waals surface area contributed by atoms with Crippen LogP contribution in [0, 0.1) is 16.7 Å². The highest BCUT2D eigenvalue weighted by Crippen LogP contribution is 2.49. The van der Waals surface area contributed by atoms with Crippen LogP contribution in [-0.2, 0) is 13.0 Å². The molecule has 2 fully saturated rings. The van der Waals surface area contributed by atoms with E-state index in [0.717, 1.165) is 80.0 Å². The lowest BCUT2D eigenvalue weighted by Crippen LogP contribution is -2.55. The largest absolute Gasteiger partial charge is 0.492 e. The molecule has 0 bridgehead atoms. The average Bonchev–Trinajstić information content (AvgIpc) is 3.45. The minimum Gasteiger partial charge on any atom is -0.492 e. The standard InChI is InChI=1S/C30H34N8O2/c31-9-2-11-38-12-7-30(8-13-38)16-22(17-30)36-28(39)21-4-1-3-20(15-21)18-34-27-23-6-14-40-26(23)24(19-35-27)25-5-10-33-29(32)37-25/h1,3-5,10,15,19,22H,2,6-8,11-14,16-18H2,(H,34,35)(H,36,39)(H2,32,33,37). The average molecular weight is 539 g/mol. The van der Waals surface area contributed by atoms with Crippen LogP contribution in [0.4, 0.5) is 11.8 Å². The molecule has 1 aromatic carbocycles. The lowest BCUT2D eigenvalue weighted by Gasteiger charge is -2.52. The highest BCUT2D eigenvalue weighted by Gasteiger charge is 2.46. The second-order valence-corrected chi connectivity index (χ2v) is 11.1. The molecule has 1 saturated heterocycles. The quantitative estimate of drug-likeness (QED) is 0.392. The Balaban J connectivity index is 1.04. The van der Waals surface area contributed by atoms with E-state index in [-0.39, 0.29) is 17.9 Å². The predicted molar refractivity (Wildman–Crippen MR) is 151 cm³/mol. The van der Waals surface area contributed by atoms with Crippen LogP contribution in [0.5, 0.6) is 5.75 Å². The van der Waals surface area contributed by atoms with Gasteiger partial charge in [0.25, 0.3) is 5.91 Å². The highest BCUT2D eigenvalue weighted by molar-refractivity contribution is 5.94. The SMILES string of the molecule is N#CCCN1CCC2(CC1)CC(NC(=O)c1cccc(CNc3ncc(-c4ccnc(N)n4)c4c3CCO4)c1)C2. The number of nitrogens with zero attached hydrogens (tertiary/aromatic N) is 5. The molecule has 0 unspecified atom stereocenters. The molecule has 206 valence electrons. The number of piperidine rings is 1. The van der Waals surface area contributed by atoms with Crippen LogP contribution in [-0.4, -0.2) is 58.0 Å². The maximum Gasteiger partial charge on any atom is 0.251 e. The van der Waals surface area contributed by atoms with Crippen molar-refractivity contribution in [2.45, 2.75) is 51.1 Å². The Kier molecular flexibility index (Phi) is 7.22. The van der Waals surface area contributed by atoms with Gasteiger partial charge in [0, 0.05) is 55.5 Å². The number of amides is 1. The summed E-state index contributed by atoms with van der Waals surface area (Å²) in [5, 5.41) is 15.5. The Bertz CT molecular complexity index is 1440. The van der Waals surface area contributed by atoms with Crippen molar-refractivity contribution in [3.05, 3.63) is 59.4 Å². The number of likely N-dealkylation sites (tertiary alicyclic amines) is 1. The number of aromatic nitrogens is 3. The van der Waals surface area contributed by atoms with E-state index in [1.807, 2.05) is 24.3 Å². The third-order valence-electron chi connectivity index (χ3n) is 8.48. The van der Waals surface area contributed by atoms with Crippen molar-refractivity contribution in [1.29, 1.82) is 5.26 Å². The first-order valence-corrected chi connectivity index (χ1v) is 14.0. The lowest BCUT2D eigenvalue weighted by molar-refractivity contribution is 0.00756. The van der Waals surface area contributed by atoms with Gasteiger partial charge in [0.15, 0.2) is 0 Å². The summed E-state index contributed by atoms with van der Waals surface area (Å²) in [6, 6.07) is 12.0. The molecule has 4 heterocycles. The molecule has 40 heavy (non-hydrogen) atoms. The molecule has 3 aliphatic rings. The van der Waals surface area contributed by atoms with Gasteiger partial charge in [0.1, 0.15) is 11.6 Å². The van der Waals surface area contributed by atoms with Gasteiger partial charge in [-0.05, 0) is 68.0 Å². The molecule has 1 spiro atoms. The highest BCUT2D eigenvalue weighted by atomic mass is 16.5. The van der Waals surface area contributed by atoms with Gasteiger partial charge in [0.2, 0.25) is 5.95 Å². The maximum atomic E-state index is 13.0. The van der Waals surface area contributed by atoms with Crippen molar-refractivity contribution in [3.8, 4) is 23.1 Å². The van der Waals surface area contributed by atoms with E-state index in [1.54, 1.807) is 18.5 Å². The fourth-order valence-electron chi connectivity index (χ4n) is 6.28. The molecular formula is C30H34N8O2. The van der Waals surface area contributed by atoms with Gasteiger partial charge in [0.05, 0.1) is 23.9 Å². The molecule has 0 atom stereocenters. The summed E-state index contributed by atoms with van der Waals surface area (Å²) in [6.07, 6.45) is 9.12. The number of rotatable bonds is 8. The van der Waals surface area contributed by atoms with Crippen LogP contribution >= 0.6 is 0 Å². The van der Waals surface area contributed by atoms with E-state index < -0.39 is 0 Å². The first-order chi connectivity index (χ1) is 19.5. The molecule has 0 radical (unpaired) electrons. The number of fused-ring (bicyclic) bond motifs is 1. The van der Waals surface area contributed by atoms with Crippen molar-refractivity contribution in [2.75, 3.05) is 37.3 Å². The summed E-state index contributed by atoms with van der Waals surface area (Å²) in [4.78, 5) is 28.4. The molecule has 3 aromatic rings. The van der Waals surface area contributed by atoms with Crippen molar-refractivity contribution in [1.82, 2.24) is 25.2 Å². The van der Waals surface area contributed by atoms with Crippen molar-refractivity contribution in [2.24, 2.45) is 5.41 Å². The maximum absolute atomic E-state index is 13.0. The molecule has 6 rings (SSSR count). The van der Waals surface area contributed by atoms with Crippen molar-refractivity contribution >= 4 is 17.7 Å². The second-order valence-electron chi connectivity index (χ2n) is 11.1. The van der Waals surface area contributed by atoms with Gasteiger partial charge in [-0.25, -0.2) is 15.0 Å². The Labute approximate surface area is 234 Å². The fraction of sp³-hybridized carbons (Fsp3) is 0.433. The van der Waals surface area contributed by atoms with E-state index in [1.165, 1.54) is 0 Å². The van der Waals surface area contributed by atoms with Crippen LogP contribution in [0.15, 0.2) is 42.7 Å². The number of nitrogens with one attached hydrogen (secondary N) is 2. The number of ether oxygens (including phenoxy) is 1. The molecule has 1 saturated carbocycles. The van der Waals surface area contributed by atoms with Gasteiger partial charge in [-0.1, -0.05) is 12.1 Å². The fourth-order valence-corrected chi connectivity index (χ4v) is 6.28. The Morgan fingerprint density at radius 2 is 2.08 bits per heavy atom. The van der Waals surface area contributed by atoms with Gasteiger partial charge >= 0.3 is 0 Å². The first-order valence-electron chi connectivity index (χ1n) is 14.0. The van der Waals surface area contributed by atoms with E-state index in [2.05, 4.69) is 36.6 Å². The number of hydrogen-bond donors (Lipinski definition) is 3. The number of carbonyl (C=O) groups is 1. The zero-order chi connectivity index (χ0) is 27.5. The molecule has 1 amide bonds. The summed E-state index contributed by atoms with van der Waals surface area (Å²) in [5.74, 6) is 1.73.